The number of likely N-dealkylation sites (tertiary alicyclic amines) is 1. The number of aromatic amines is 1. The number of β-amino-alcohol motifs (C(OH)–C–C–N with tert-alkyl or cyclic N) is 1. The number of amides is 2. The third-order valence-corrected chi connectivity index (χ3v) is 7.24. The molecule has 0 spiro atoms. The average Bonchev–Trinajstić information content (AvgIpc) is 3.54. The van der Waals surface area contributed by atoms with Crippen LogP contribution in [-0.4, -0.2) is 46.0 Å². The first kappa shape index (κ1) is 21.8. The molecular weight excluding hydrogens is 445 g/mol. The lowest BCUT2D eigenvalue weighted by Crippen LogP contribution is -2.30. The van der Waals surface area contributed by atoms with Gasteiger partial charge < -0.3 is 20.3 Å². The molecule has 1 fully saturated rings. The quantitative estimate of drug-likeness (QED) is 0.495. The minimum Gasteiger partial charge on any atom is -0.391 e. The van der Waals surface area contributed by atoms with Gasteiger partial charge in [0.1, 0.15) is 5.82 Å². The Labute approximate surface area is 202 Å². The molecule has 35 heavy (non-hydrogen) atoms. The zero-order chi connectivity index (χ0) is 24.1. The summed E-state index contributed by atoms with van der Waals surface area (Å²) in [5.74, 6) is -0.711. The normalized spacial score (nSPS) is 20.2. The van der Waals surface area contributed by atoms with E-state index >= 15 is 0 Å². The number of halogens is 1. The number of carbonyl (C=O) groups is 2. The van der Waals surface area contributed by atoms with Crippen LogP contribution in [0.2, 0.25) is 0 Å². The van der Waals surface area contributed by atoms with Gasteiger partial charge in [-0.2, -0.15) is 0 Å². The molecule has 2 amide bonds. The lowest BCUT2D eigenvalue weighted by Gasteiger charge is -2.18. The van der Waals surface area contributed by atoms with Crippen molar-refractivity contribution in [2.75, 3.05) is 18.4 Å². The number of nitrogens with one attached hydrogen (secondary N) is 2. The van der Waals surface area contributed by atoms with Crippen molar-refractivity contribution < 1.29 is 19.1 Å². The van der Waals surface area contributed by atoms with Crippen LogP contribution in [0.5, 0.6) is 0 Å². The van der Waals surface area contributed by atoms with Crippen molar-refractivity contribution in [3.8, 4) is 11.1 Å². The highest BCUT2D eigenvalue weighted by molar-refractivity contribution is 6.36. The number of fused-ring (bicyclic) bond motifs is 2. The van der Waals surface area contributed by atoms with E-state index < -0.39 is 6.10 Å². The number of H-pyrrole nitrogens is 1. The maximum absolute atomic E-state index is 14.0. The van der Waals surface area contributed by atoms with Gasteiger partial charge in [-0.1, -0.05) is 24.3 Å². The first-order valence-corrected chi connectivity index (χ1v) is 12.1. The second-order valence-electron chi connectivity index (χ2n) is 9.52. The predicted octanol–water partition coefficient (Wildman–Crippen LogP) is 4.40. The van der Waals surface area contributed by atoms with Crippen molar-refractivity contribution in [2.24, 2.45) is 0 Å². The zero-order valence-electron chi connectivity index (χ0n) is 19.2. The second-order valence-corrected chi connectivity index (χ2v) is 9.52. The number of rotatable bonds is 3. The Morgan fingerprint density at radius 1 is 1.14 bits per heavy atom. The van der Waals surface area contributed by atoms with Crippen LogP contribution in [0.3, 0.4) is 0 Å². The molecule has 0 bridgehead atoms. The van der Waals surface area contributed by atoms with Crippen LogP contribution < -0.4 is 5.32 Å². The average molecular weight is 472 g/mol. The number of nitrogens with zero attached hydrogens (tertiary/aromatic N) is 1. The molecule has 6 nitrogen and oxygen atoms in total. The summed E-state index contributed by atoms with van der Waals surface area (Å²) < 4.78 is 14.0. The molecule has 2 aliphatic heterocycles. The first-order chi connectivity index (χ1) is 17.0. The SMILES string of the molecule is O=C1Nc2cccc(-c3cccc(F)c3)c2/C1=C/c1[nH]c2c(c1C(=O)N1CC[C@@H](O)C1)CCCC2. The second kappa shape index (κ2) is 8.50. The molecule has 0 unspecified atom stereocenters. The maximum atomic E-state index is 14.0. The fraction of sp³-hybridized carbons (Fsp3) is 0.286. The minimum absolute atomic E-state index is 0.107. The van der Waals surface area contributed by atoms with Crippen molar-refractivity contribution in [1.82, 2.24) is 9.88 Å². The number of aliphatic hydroxyl groups excluding tert-OH is 1. The van der Waals surface area contributed by atoms with Gasteiger partial charge in [-0.3, -0.25) is 9.59 Å². The molecule has 7 heteroatoms. The van der Waals surface area contributed by atoms with Crippen LogP contribution in [0.1, 0.15) is 52.1 Å². The Hall–Kier alpha value is -3.71. The van der Waals surface area contributed by atoms with Gasteiger partial charge in [0.15, 0.2) is 0 Å². The summed E-state index contributed by atoms with van der Waals surface area (Å²) in [6.07, 6.45) is 5.56. The van der Waals surface area contributed by atoms with Crippen LogP contribution >= 0.6 is 0 Å². The monoisotopic (exact) mass is 471 g/mol. The van der Waals surface area contributed by atoms with E-state index in [0.29, 0.717) is 53.2 Å². The third kappa shape index (κ3) is 3.76. The van der Waals surface area contributed by atoms with E-state index in [2.05, 4.69) is 10.3 Å². The van der Waals surface area contributed by atoms with Gasteiger partial charge in [0.2, 0.25) is 0 Å². The van der Waals surface area contributed by atoms with Crippen molar-refractivity contribution in [2.45, 2.75) is 38.2 Å². The van der Waals surface area contributed by atoms with Crippen molar-refractivity contribution in [3.63, 3.8) is 0 Å². The molecule has 2 aromatic carbocycles. The highest BCUT2D eigenvalue weighted by Gasteiger charge is 2.33. The number of anilines is 1. The van der Waals surface area contributed by atoms with Gasteiger partial charge in [-0.05, 0) is 73.1 Å². The number of carbonyl (C=O) groups excluding carboxylic acids is 2. The van der Waals surface area contributed by atoms with Crippen LogP contribution in [-0.2, 0) is 17.6 Å². The summed E-state index contributed by atoms with van der Waals surface area (Å²) in [6.45, 7) is 0.838. The van der Waals surface area contributed by atoms with E-state index in [0.717, 1.165) is 42.5 Å². The summed E-state index contributed by atoms with van der Waals surface area (Å²) in [4.78, 5) is 31.8. The minimum atomic E-state index is -0.503. The zero-order valence-corrected chi connectivity index (χ0v) is 19.2. The van der Waals surface area contributed by atoms with E-state index in [1.165, 1.54) is 12.1 Å². The van der Waals surface area contributed by atoms with Crippen molar-refractivity contribution >= 4 is 29.2 Å². The fourth-order valence-corrected chi connectivity index (χ4v) is 5.57. The number of aromatic nitrogens is 1. The molecule has 3 N–H and O–H groups in total. The standard InChI is InChI=1S/C28H26FN3O3/c29-17-6-3-5-16(13-17)19-8-4-10-23-25(19)21(27(34)31-23)14-24-26(20-7-1-2-9-22(20)30-24)28(35)32-12-11-18(33)15-32/h3-6,8,10,13-14,18,30,33H,1-2,7,9,11-12,15H2,(H,31,34)/b21-14-/t18-/m1/s1. The summed E-state index contributed by atoms with van der Waals surface area (Å²) in [6, 6.07) is 11.9. The molecular formula is C28H26FN3O3. The van der Waals surface area contributed by atoms with Crippen molar-refractivity contribution in [1.29, 1.82) is 0 Å². The van der Waals surface area contributed by atoms with E-state index in [1.54, 1.807) is 17.0 Å². The highest BCUT2D eigenvalue weighted by atomic mass is 19.1. The van der Waals surface area contributed by atoms with Crippen LogP contribution in [0, 0.1) is 5.82 Å². The van der Waals surface area contributed by atoms with E-state index in [9.17, 15) is 19.1 Å². The largest absolute Gasteiger partial charge is 0.391 e. The van der Waals surface area contributed by atoms with E-state index in [1.807, 2.05) is 24.3 Å². The topological polar surface area (TPSA) is 85.4 Å². The molecule has 0 saturated carbocycles. The van der Waals surface area contributed by atoms with E-state index in [-0.39, 0.29) is 17.6 Å². The Kier molecular flexibility index (Phi) is 5.29. The van der Waals surface area contributed by atoms with Crippen LogP contribution in [0.15, 0.2) is 42.5 Å². The van der Waals surface area contributed by atoms with Gasteiger partial charge in [0.25, 0.3) is 11.8 Å². The highest BCUT2D eigenvalue weighted by Crippen LogP contribution is 2.41. The maximum Gasteiger partial charge on any atom is 0.256 e. The number of hydrogen-bond donors (Lipinski definition) is 3. The molecule has 3 aliphatic rings. The molecule has 1 aliphatic carbocycles. The lowest BCUT2D eigenvalue weighted by molar-refractivity contribution is -0.110. The number of aryl methyl sites for hydroxylation is 1. The summed E-state index contributed by atoms with van der Waals surface area (Å²) in [5, 5.41) is 12.9. The Balaban J connectivity index is 1.50. The van der Waals surface area contributed by atoms with Gasteiger partial charge in [0.05, 0.1) is 22.9 Å². The lowest BCUT2D eigenvalue weighted by atomic mass is 9.92. The molecule has 1 aromatic heterocycles. The molecule has 1 saturated heterocycles. The first-order valence-electron chi connectivity index (χ1n) is 12.1. The molecule has 6 rings (SSSR count). The van der Waals surface area contributed by atoms with Gasteiger partial charge in [-0.15, -0.1) is 0 Å². The molecule has 1 atom stereocenters. The summed E-state index contributed by atoms with van der Waals surface area (Å²) in [7, 11) is 0. The third-order valence-electron chi connectivity index (χ3n) is 7.24. The van der Waals surface area contributed by atoms with Crippen molar-refractivity contribution in [3.05, 3.63) is 76.4 Å². The van der Waals surface area contributed by atoms with Crippen LogP contribution in [0.25, 0.3) is 22.8 Å². The Morgan fingerprint density at radius 2 is 1.97 bits per heavy atom. The smallest absolute Gasteiger partial charge is 0.256 e. The van der Waals surface area contributed by atoms with Gasteiger partial charge in [0, 0.05) is 30.0 Å². The fourth-order valence-electron chi connectivity index (χ4n) is 5.57. The summed E-state index contributed by atoms with van der Waals surface area (Å²) in [5.41, 5.74) is 6.52. The Morgan fingerprint density at radius 3 is 2.77 bits per heavy atom. The van der Waals surface area contributed by atoms with Gasteiger partial charge >= 0.3 is 0 Å². The predicted molar refractivity (Wildman–Crippen MR) is 132 cm³/mol. The van der Waals surface area contributed by atoms with E-state index in [4.69, 9.17) is 0 Å². The van der Waals surface area contributed by atoms with Gasteiger partial charge in [-0.25, -0.2) is 4.39 Å². The number of aliphatic hydroxyl groups is 1. The molecule has 3 aromatic rings. The number of benzene rings is 2. The molecule has 178 valence electrons. The summed E-state index contributed by atoms with van der Waals surface area (Å²) >= 11 is 0. The molecule has 3 heterocycles. The van der Waals surface area contributed by atoms with Crippen LogP contribution in [0.4, 0.5) is 10.1 Å². The Bertz CT molecular complexity index is 1390. The molecule has 0 radical (unpaired) electrons. The number of hydrogen-bond acceptors (Lipinski definition) is 3.